The number of nitrogens with zero attached hydrogens (tertiary/aromatic N) is 2. The Bertz CT molecular complexity index is 792. The van der Waals surface area contributed by atoms with Crippen LogP contribution in [0.25, 0.3) is 0 Å². The molecule has 1 heterocycles. The fourth-order valence-corrected chi connectivity index (χ4v) is 4.24. The van der Waals surface area contributed by atoms with Gasteiger partial charge in [-0.1, -0.05) is 23.2 Å². The molecule has 1 fully saturated rings. The van der Waals surface area contributed by atoms with Gasteiger partial charge in [-0.2, -0.15) is 0 Å². The number of likely N-dealkylation sites (tertiary alicyclic amines) is 1. The molecular weight excluding hydrogens is 403 g/mol. The van der Waals surface area contributed by atoms with E-state index >= 15 is 0 Å². The molecule has 0 saturated carbocycles. The van der Waals surface area contributed by atoms with Crippen LogP contribution in [-0.2, 0) is 24.3 Å². The zero-order chi connectivity index (χ0) is 19.5. The third kappa shape index (κ3) is 5.02. The van der Waals surface area contributed by atoms with Crippen molar-refractivity contribution in [2.24, 2.45) is 5.92 Å². The number of amides is 1. The molecule has 0 atom stereocenters. The van der Waals surface area contributed by atoms with Crippen LogP contribution in [0.4, 0.5) is 5.69 Å². The van der Waals surface area contributed by atoms with Gasteiger partial charge in [0.25, 0.3) is 0 Å². The number of ether oxygens (including phenoxy) is 1. The Kier molecular flexibility index (Phi) is 6.76. The molecule has 0 radical (unpaired) electrons. The predicted octanol–water partition coefficient (Wildman–Crippen LogP) is 2.17. The molecule has 1 aromatic rings. The van der Waals surface area contributed by atoms with Gasteiger partial charge in [-0.25, -0.2) is 8.42 Å². The van der Waals surface area contributed by atoms with Gasteiger partial charge >= 0.3 is 5.97 Å². The Hall–Kier alpha value is -1.51. The summed E-state index contributed by atoms with van der Waals surface area (Å²) in [6, 6.07) is 4.39. The smallest absolute Gasteiger partial charge is 0.308 e. The summed E-state index contributed by atoms with van der Waals surface area (Å²) in [5.74, 6) is -0.881. The number of halogens is 2. The van der Waals surface area contributed by atoms with Crippen LogP contribution in [0.1, 0.15) is 12.8 Å². The largest absolute Gasteiger partial charge is 0.469 e. The van der Waals surface area contributed by atoms with Crippen LogP contribution < -0.4 is 4.31 Å². The quantitative estimate of drug-likeness (QED) is 0.678. The van der Waals surface area contributed by atoms with Crippen LogP contribution in [0.3, 0.4) is 0 Å². The maximum absolute atomic E-state index is 12.6. The van der Waals surface area contributed by atoms with Gasteiger partial charge in [0.1, 0.15) is 6.54 Å². The van der Waals surface area contributed by atoms with Crippen molar-refractivity contribution in [3.8, 4) is 0 Å². The lowest BCUT2D eigenvalue weighted by atomic mass is 9.97. The van der Waals surface area contributed by atoms with Gasteiger partial charge in [0, 0.05) is 18.1 Å². The van der Waals surface area contributed by atoms with Crippen LogP contribution in [-0.4, -0.2) is 58.2 Å². The van der Waals surface area contributed by atoms with E-state index in [-0.39, 0.29) is 35.0 Å². The second-order valence-corrected chi connectivity index (χ2v) is 8.79. The predicted molar refractivity (Wildman–Crippen MR) is 100.0 cm³/mol. The molecule has 10 heteroatoms. The summed E-state index contributed by atoms with van der Waals surface area (Å²) in [5.41, 5.74) is 0.191. The first kappa shape index (κ1) is 20.8. The highest BCUT2D eigenvalue weighted by Gasteiger charge is 2.30. The maximum atomic E-state index is 12.6. The summed E-state index contributed by atoms with van der Waals surface area (Å²) in [6.07, 6.45) is 1.98. The number of hydrogen-bond acceptors (Lipinski definition) is 5. The third-order valence-electron chi connectivity index (χ3n) is 4.24. The summed E-state index contributed by atoms with van der Waals surface area (Å²) in [4.78, 5) is 25.7. The topological polar surface area (TPSA) is 84.0 Å². The van der Waals surface area contributed by atoms with Crippen molar-refractivity contribution < 1.29 is 22.7 Å². The molecule has 2 rings (SSSR count). The van der Waals surface area contributed by atoms with E-state index in [0.717, 1.165) is 10.6 Å². The summed E-state index contributed by atoms with van der Waals surface area (Å²) in [5, 5.41) is 0.503. The number of benzene rings is 1. The number of carbonyl (C=O) groups excluding carboxylic acids is 2. The van der Waals surface area contributed by atoms with Crippen molar-refractivity contribution in [1.29, 1.82) is 0 Å². The van der Waals surface area contributed by atoms with Gasteiger partial charge < -0.3 is 9.64 Å². The summed E-state index contributed by atoms with van der Waals surface area (Å²) in [7, 11) is -2.40. The van der Waals surface area contributed by atoms with Crippen LogP contribution >= 0.6 is 23.2 Å². The lowest BCUT2D eigenvalue weighted by Gasteiger charge is -2.32. The highest BCUT2D eigenvalue weighted by atomic mass is 35.5. The van der Waals surface area contributed by atoms with E-state index in [1.54, 1.807) is 4.90 Å². The Morgan fingerprint density at radius 1 is 1.27 bits per heavy atom. The highest BCUT2D eigenvalue weighted by Crippen LogP contribution is 2.30. The molecule has 7 nitrogen and oxygen atoms in total. The summed E-state index contributed by atoms with van der Waals surface area (Å²) in [6.45, 7) is 0.359. The van der Waals surface area contributed by atoms with E-state index in [1.807, 2.05) is 0 Å². The number of anilines is 1. The SMILES string of the molecule is COC(=O)C1CCN(C(=O)CN(c2ccc(Cl)cc2Cl)S(C)(=O)=O)CC1. The van der Waals surface area contributed by atoms with Crippen LogP contribution in [0.2, 0.25) is 10.0 Å². The van der Waals surface area contributed by atoms with Crippen LogP contribution in [0.15, 0.2) is 18.2 Å². The van der Waals surface area contributed by atoms with E-state index in [2.05, 4.69) is 0 Å². The number of hydrogen-bond donors (Lipinski definition) is 0. The first-order valence-electron chi connectivity index (χ1n) is 7.92. The minimum absolute atomic E-state index is 0.139. The Morgan fingerprint density at radius 2 is 1.88 bits per heavy atom. The molecule has 144 valence electrons. The number of sulfonamides is 1. The van der Waals surface area contributed by atoms with Gasteiger partial charge in [0.15, 0.2) is 0 Å². The van der Waals surface area contributed by atoms with E-state index in [0.29, 0.717) is 31.0 Å². The first-order chi connectivity index (χ1) is 12.1. The monoisotopic (exact) mass is 422 g/mol. The summed E-state index contributed by atoms with van der Waals surface area (Å²) < 4.78 is 30.0. The molecule has 1 amide bonds. The fourth-order valence-electron chi connectivity index (χ4n) is 2.82. The molecular formula is C16H20Cl2N2O5S. The molecule has 0 aliphatic carbocycles. The van der Waals surface area contributed by atoms with Crippen molar-refractivity contribution in [3.63, 3.8) is 0 Å². The number of rotatable bonds is 5. The highest BCUT2D eigenvalue weighted by molar-refractivity contribution is 7.92. The van der Waals surface area contributed by atoms with Crippen molar-refractivity contribution >= 4 is 50.8 Å². The second-order valence-electron chi connectivity index (χ2n) is 6.04. The molecule has 1 aliphatic rings. The molecule has 0 bridgehead atoms. The second kappa shape index (κ2) is 8.45. The van der Waals surface area contributed by atoms with E-state index < -0.39 is 10.0 Å². The number of carbonyl (C=O) groups is 2. The lowest BCUT2D eigenvalue weighted by Crippen LogP contribution is -2.46. The van der Waals surface area contributed by atoms with Gasteiger partial charge in [0.05, 0.1) is 30.0 Å². The van der Waals surface area contributed by atoms with Crippen LogP contribution in [0, 0.1) is 5.92 Å². The molecule has 26 heavy (non-hydrogen) atoms. The van der Waals surface area contributed by atoms with E-state index in [1.165, 1.54) is 25.3 Å². The summed E-state index contributed by atoms with van der Waals surface area (Å²) >= 11 is 12.0. The fraction of sp³-hybridized carbons (Fsp3) is 0.500. The number of piperidine rings is 1. The Labute approximate surface area is 162 Å². The lowest BCUT2D eigenvalue weighted by molar-refractivity contribution is -0.148. The van der Waals surface area contributed by atoms with E-state index in [4.69, 9.17) is 27.9 Å². The Balaban J connectivity index is 2.12. The van der Waals surface area contributed by atoms with Crippen molar-refractivity contribution in [1.82, 2.24) is 4.90 Å². The normalized spacial score (nSPS) is 15.6. The van der Waals surface area contributed by atoms with Gasteiger partial charge in [-0.15, -0.1) is 0 Å². The molecule has 1 aliphatic heterocycles. The van der Waals surface area contributed by atoms with Gasteiger partial charge in [-0.3, -0.25) is 13.9 Å². The van der Waals surface area contributed by atoms with E-state index in [9.17, 15) is 18.0 Å². The first-order valence-corrected chi connectivity index (χ1v) is 10.5. The average Bonchev–Trinajstić information content (AvgIpc) is 2.58. The Morgan fingerprint density at radius 3 is 2.38 bits per heavy atom. The molecule has 0 spiro atoms. The standard InChI is InChI=1S/C16H20Cl2N2O5S/c1-25-16(22)11-5-7-19(8-6-11)15(21)10-20(26(2,23)24)14-4-3-12(17)9-13(14)18/h3-4,9,11H,5-8,10H2,1-2H3. The molecule has 1 aromatic carbocycles. The van der Waals surface area contributed by atoms with Gasteiger partial charge in [-0.05, 0) is 31.0 Å². The van der Waals surface area contributed by atoms with Gasteiger partial charge in [0.2, 0.25) is 15.9 Å². The zero-order valence-electron chi connectivity index (χ0n) is 14.4. The molecule has 0 aromatic heterocycles. The van der Waals surface area contributed by atoms with Crippen LogP contribution in [0.5, 0.6) is 0 Å². The van der Waals surface area contributed by atoms with Crippen molar-refractivity contribution in [2.75, 3.05) is 37.3 Å². The van der Waals surface area contributed by atoms with Crippen molar-refractivity contribution in [2.45, 2.75) is 12.8 Å². The number of methoxy groups -OCH3 is 1. The molecule has 0 N–H and O–H groups in total. The minimum atomic E-state index is -3.73. The van der Waals surface area contributed by atoms with Crippen molar-refractivity contribution in [3.05, 3.63) is 28.2 Å². The molecule has 1 saturated heterocycles. The maximum Gasteiger partial charge on any atom is 0.308 e. The molecule has 0 unspecified atom stereocenters. The average molecular weight is 423 g/mol. The third-order valence-corrected chi connectivity index (χ3v) is 5.90. The number of esters is 1. The zero-order valence-corrected chi connectivity index (χ0v) is 16.8. The minimum Gasteiger partial charge on any atom is -0.469 e.